The van der Waals surface area contributed by atoms with Gasteiger partial charge in [0.2, 0.25) is 0 Å². The third-order valence-electron chi connectivity index (χ3n) is 9.15. The molecule has 0 saturated heterocycles. The summed E-state index contributed by atoms with van der Waals surface area (Å²) in [5.74, 6) is 0.560. The van der Waals surface area contributed by atoms with E-state index in [1.807, 2.05) is 6.07 Å². The van der Waals surface area contributed by atoms with Crippen LogP contribution >= 0.6 is 11.3 Å². The third-order valence-corrected chi connectivity index (χ3v) is 10.2. The summed E-state index contributed by atoms with van der Waals surface area (Å²) in [6.07, 6.45) is 11.2. The average Bonchev–Trinajstić information content (AvgIpc) is 3.66. The summed E-state index contributed by atoms with van der Waals surface area (Å²) in [5.41, 5.74) is 12.2. The lowest BCUT2D eigenvalue weighted by atomic mass is 9.93. The highest BCUT2D eigenvalue weighted by Crippen LogP contribution is 2.56. The van der Waals surface area contributed by atoms with Gasteiger partial charge >= 0.3 is 0 Å². The number of nitrogens with one attached hydrogen (secondary N) is 1. The average molecular weight is 572 g/mol. The molecule has 1 fully saturated rings. The molecule has 4 heteroatoms. The Balaban J connectivity index is 1.02. The Hall–Kier alpha value is -4.93. The Kier molecular flexibility index (Phi) is 5.47. The van der Waals surface area contributed by atoms with Crippen molar-refractivity contribution in [3.8, 4) is 21.7 Å². The maximum atomic E-state index is 4.94. The highest BCUT2D eigenvalue weighted by molar-refractivity contribution is 7.21. The van der Waals surface area contributed by atoms with Gasteiger partial charge in [-0.2, -0.15) is 0 Å². The van der Waals surface area contributed by atoms with Crippen molar-refractivity contribution in [3.05, 3.63) is 151 Å². The first kappa shape index (κ1) is 24.6. The molecule has 5 aromatic carbocycles. The van der Waals surface area contributed by atoms with Gasteiger partial charge in [-0.3, -0.25) is 0 Å². The number of para-hydroxylation sites is 1. The lowest BCUT2D eigenvalue weighted by Gasteiger charge is -2.34. The normalized spacial score (nSPS) is 19.3. The topological polar surface area (TPSA) is 28.2 Å². The number of aromatic nitrogens is 1. The van der Waals surface area contributed by atoms with Crippen LogP contribution in [0.3, 0.4) is 0 Å². The van der Waals surface area contributed by atoms with E-state index in [0.29, 0.717) is 5.92 Å². The maximum absolute atomic E-state index is 4.94. The Bertz CT molecular complexity index is 2060. The van der Waals surface area contributed by atoms with Gasteiger partial charge in [0.05, 0.1) is 15.8 Å². The minimum absolute atomic E-state index is 0.0356. The second kappa shape index (κ2) is 9.55. The molecule has 9 rings (SSSR count). The van der Waals surface area contributed by atoms with Crippen LogP contribution in [0.4, 0.5) is 22.7 Å². The highest BCUT2D eigenvalue weighted by Gasteiger charge is 2.56. The van der Waals surface area contributed by atoms with Crippen LogP contribution in [0.25, 0.3) is 31.9 Å². The van der Waals surface area contributed by atoms with E-state index in [1.165, 1.54) is 49.6 Å². The molecule has 3 aliphatic rings. The molecular weight excluding hydrogens is 543 g/mol. The summed E-state index contributed by atoms with van der Waals surface area (Å²) in [6, 6.07) is 41.7. The summed E-state index contributed by atoms with van der Waals surface area (Å²) < 4.78 is 1.23. The van der Waals surface area contributed by atoms with Crippen molar-refractivity contribution in [2.75, 3.05) is 10.2 Å². The van der Waals surface area contributed by atoms with Gasteiger partial charge in [-0.05, 0) is 77.2 Å². The van der Waals surface area contributed by atoms with Crippen LogP contribution in [-0.2, 0) is 6.42 Å². The zero-order chi connectivity index (χ0) is 28.4. The molecule has 1 aliphatic heterocycles. The number of anilines is 4. The minimum Gasteiger partial charge on any atom is -0.355 e. The molecule has 0 spiro atoms. The second-order valence-corrected chi connectivity index (χ2v) is 12.8. The standard InChI is InChI=1S/C39H29N3S/c1-3-9-27(10-4-1)38-41-36-24-35-30(23-37(36)43-38)22-29-21-28(16-19-34(29)40-35)26-14-17-33(18-15-26)42(32-12-5-2-6-13-32)39-20-8-7-11-31(39)25-39/h1-21,23-24,31,40H,22,25H2. The molecule has 2 aliphatic carbocycles. The van der Waals surface area contributed by atoms with Crippen molar-refractivity contribution >= 4 is 44.3 Å². The molecular formula is C39H29N3S. The molecule has 0 amide bonds. The van der Waals surface area contributed by atoms with Gasteiger partial charge in [-0.25, -0.2) is 4.98 Å². The van der Waals surface area contributed by atoms with Crippen molar-refractivity contribution in [1.29, 1.82) is 0 Å². The molecule has 0 radical (unpaired) electrons. The Morgan fingerprint density at radius 3 is 2.26 bits per heavy atom. The van der Waals surface area contributed by atoms with Gasteiger partial charge in [-0.15, -0.1) is 11.3 Å². The molecule has 2 heterocycles. The van der Waals surface area contributed by atoms with E-state index in [1.54, 1.807) is 11.3 Å². The smallest absolute Gasteiger partial charge is 0.124 e. The van der Waals surface area contributed by atoms with Gasteiger partial charge in [0, 0.05) is 40.7 Å². The van der Waals surface area contributed by atoms with Crippen LogP contribution in [0.15, 0.2) is 140 Å². The fourth-order valence-electron chi connectivity index (χ4n) is 6.86. The molecule has 6 aromatic rings. The monoisotopic (exact) mass is 571 g/mol. The van der Waals surface area contributed by atoms with Crippen molar-refractivity contribution in [2.24, 2.45) is 5.92 Å². The van der Waals surface area contributed by atoms with E-state index in [9.17, 15) is 0 Å². The molecule has 0 bridgehead atoms. The zero-order valence-corrected chi connectivity index (χ0v) is 24.4. The molecule has 206 valence electrons. The van der Waals surface area contributed by atoms with Gasteiger partial charge in [0.1, 0.15) is 5.01 Å². The molecule has 43 heavy (non-hydrogen) atoms. The summed E-state index contributed by atoms with van der Waals surface area (Å²) >= 11 is 1.77. The first-order valence-corrected chi connectivity index (χ1v) is 15.8. The van der Waals surface area contributed by atoms with Crippen LogP contribution < -0.4 is 10.2 Å². The number of hydrogen-bond acceptors (Lipinski definition) is 4. The van der Waals surface area contributed by atoms with Gasteiger partial charge in [0.25, 0.3) is 0 Å². The Morgan fingerprint density at radius 1 is 0.698 bits per heavy atom. The number of allylic oxidation sites excluding steroid dienone is 2. The van der Waals surface area contributed by atoms with E-state index < -0.39 is 0 Å². The van der Waals surface area contributed by atoms with E-state index in [-0.39, 0.29) is 5.54 Å². The molecule has 1 saturated carbocycles. The highest BCUT2D eigenvalue weighted by atomic mass is 32.1. The SMILES string of the molecule is C1=CC2CC2(N(c2ccccc2)c2ccc(-c3ccc4c(c3)Cc3cc5sc(-c6ccccc6)nc5cc3N4)cc2)C=C1. The Morgan fingerprint density at radius 2 is 1.44 bits per heavy atom. The lowest BCUT2D eigenvalue weighted by molar-refractivity contribution is 0.752. The number of fused-ring (bicyclic) bond motifs is 4. The maximum Gasteiger partial charge on any atom is 0.124 e. The fourth-order valence-corrected chi connectivity index (χ4v) is 7.87. The van der Waals surface area contributed by atoms with E-state index in [2.05, 4.69) is 144 Å². The summed E-state index contributed by atoms with van der Waals surface area (Å²) in [4.78, 5) is 7.47. The lowest BCUT2D eigenvalue weighted by Crippen LogP contribution is -2.34. The molecule has 2 unspecified atom stereocenters. The summed E-state index contributed by atoms with van der Waals surface area (Å²) in [5, 5.41) is 4.76. The van der Waals surface area contributed by atoms with Gasteiger partial charge in [-0.1, -0.05) is 91.0 Å². The Labute approximate surface area is 255 Å². The van der Waals surface area contributed by atoms with Crippen molar-refractivity contribution in [1.82, 2.24) is 4.98 Å². The van der Waals surface area contributed by atoms with Crippen LogP contribution in [-0.4, -0.2) is 10.5 Å². The minimum atomic E-state index is 0.0356. The van der Waals surface area contributed by atoms with Crippen LogP contribution in [0.5, 0.6) is 0 Å². The van der Waals surface area contributed by atoms with Crippen molar-refractivity contribution in [2.45, 2.75) is 18.4 Å². The molecule has 3 nitrogen and oxygen atoms in total. The van der Waals surface area contributed by atoms with Crippen LogP contribution in [0.1, 0.15) is 17.5 Å². The number of benzene rings is 5. The molecule has 1 aromatic heterocycles. The fraction of sp³-hybridized carbons (Fsp3) is 0.103. The van der Waals surface area contributed by atoms with E-state index in [4.69, 9.17) is 4.98 Å². The molecule has 2 atom stereocenters. The predicted octanol–water partition coefficient (Wildman–Crippen LogP) is 10.3. The summed E-state index contributed by atoms with van der Waals surface area (Å²) in [6.45, 7) is 0. The largest absolute Gasteiger partial charge is 0.355 e. The van der Waals surface area contributed by atoms with E-state index in [0.717, 1.165) is 29.1 Å². The zero-order valence-electron chi connectivity index (χ0n) is 23.6. The van der Waals surface area contributed by atoms with Crippen LogP contribution in [0, 0.1) is 5.92 Å². The number of hydrogen-bond donors (Lipinski definition) is 1. The predicted molar refractivity (Wildman–Crippen MR) is 181 cm³/mol. The molecule has 1 N–H and O–H groups in total. The first-order valence-electron chi connectivity index (χ1n) is 14.9. The number of nitrogens with zero attached hydrogens (tertiary/aromatic N) is 2. The van der Waals surface area contributed by atoms with E-state index >= 15 is 0 Å². The number of rotatable bonds is 5. The first-order chi connectivity index (χ1) is 21.2. The van der Waals surface area contributed by atoms with Crippen molar-refractivity contribution in [3.63, 3.8) is 0 Å². The van der Waals surface area contributed by atoms with Gasteiger partial charge in [0.15, 0.2) is 0 Å². The second-order valence-electron chi connectivity index (χ2n) is 11.8. The summed E-state index contributed by atoms with van der Waals surface area (Å²) in [7, 11) is 0. The quantitative estimate of drug-likeness (QED) is 0.223. The van der Waals surface area contributed by atoms with Crippen LogP contribution in [0.2, 0.25) is 0 Å². The third kappa shape index (κ3) is 4.13. The number of thiazole rings is 1. The van der Waals surface area contributed by atoms with Crippen molar-refractivity contribution < 1.29 is 0 Å². The van der Waals surface area contributed by atoms with Gasteiger partial charge < -0.3 is 10.2 Å².